The Morgan fingerprint density at radius 1 is 1.26 bits per heavy atom. The monoisotopic (exact) mass is 536 g/mol. The van der Waals surface area contributed by atoms with Crippen LogP contribution in [0.25, 0.3) is 0 Å². The van der Waals surface area contributed by atoms with Crippen molar-refractivity contribution in [2.45, 2.75) is 49.7 Å². The summed E-state index contributed by atoms with van der Waals surface area (Å²) in [5.74, 6) is -0.924. The summed E-state index contributed by atoms with van der Waals surface area (Å²) in [5.41, 5.74) is 0.860. The van der Waals surface area contributed by atoms with Crippen molar-refractivity contribution in [1.29, 1.82) is 0 Å². The maximum Gasteiger partial charge on any atom is 0.244 e. The molecular weight excluding hydrogens is 511 g/mol. The lowest BCUT2D eigenvalue weighted by molar-refractivity contribution is -0.135. The Bertz CT molecular complexity index is 1230. The van der Waals surface area contributed by atoms with Crippen molar-refractivity contribution in [3.05, 3.63) is 64.9 Å². The Hall–Kier alpha value is -2.46. The van der Waals surface area contributed by atoms with Gasteiger partial charge in [0.05, 0.1) is 32.9 Å². The smallest absolute Gasteiger partial charge is 0.244 e. The number of hydrogen-bond donors (Lipinski definition) is 1. The standard InChI is InChI=1S/C24H26Cl2N4O4S/c1-3-16-13-29(14-17-7-4-5-10-27-17)24(32)22-9-6-8-21(16)30(22)35(33,34)18-11-19(25)23(20(26)12-18)28-15(2)31/h3-5,7,10-12,16,21-22H,1,6,8-9,13-14H2,2H3,(H,28,31)/t16-,21-,22?/m0/s1. The van der Waals surface area contributed by atoms with Gasteiger partial charge in [-0.15, -0.1) is 6.58 Å². The summed E-state index contributed by atoms with van der Waals surface area (Å²) in [6, 6.07) is 6.70. The Balaban J connectivity index is 1.75. The zero-order chi connectivity index (χ0) is 25.3. The molecule has 3 atom stereocenters. The normalized spacial score (nSPS) is 23.0. The molecule has 1 N–H and O–H groups in total. The first-order valence-corrected chi connectivity index (χ1v) is 13.4. The molecule has 2 amide bonds. The molecule has 0 saturated carbocycles. The highest BCUT2D eigenvalue weighted by atomic mass is 35.5. The van der Waals surface area contributed by atoms with Gasteiger partial charge in [-0.3, -0.25) is 14.6 Å². The molecule has 35 heavy (non-hydrogen) atoms. The molecule has 3 heterocycles. The topological polar surface area (TPSA) is 99.7 Å². The molecule has 0 aliphatic carbocycles. The average Bonchev–Trinajstić information content (AvgIpc) is 2.89. The van der Waals surface area contributed by atoms with Gasteiger partial charge in [-0.05, 0) is 43.5 Å². The number of pyridine rings is 1. The van der Waals surface area contributed by atoms with Gasteiger partial charge < -0.3 is 10.2 Å². The number of benzene rings is 1. The molecule has 2 aromatic rings. The number of hydrogen-bond acceptors (Lipinski definition) is 5. The maximum atomic E-state index is 14.0. The van der Waals surface area contributed by atoms with E-state index in [9.17, 15) is 18.0 Å². The summed E-state index contributed by atoms with van der Waals surface area (Å²) in [6.45, 7) is 5.86. The molecule has 0 radical (unpaired) electrons. The maximum absolute atomic E-state index is 14.0. The second-order valence-electron chi connectivity index (χ2n) is 8.73. The van der Waals surface area contributed by atoms with Gasteiger partial charge in [0.2, 0.25) is 21.8 Å². The number of halogens is 2. The fraction of sp³-hybridized carbons (Fsp3) is 0.375. The SMILES string of the molecule is C=C[C@H]1CN(Cc2ccccn2)C(=O)C2CCC[C@@H]1N2S(=O)(=O)c1cc(Cl)c(NC(C)=O)c(Cl)c1. The van der Waals surface area contributed by atoms with Gasteiger partial charge in [0.25, 0.3) is 0 Å². The van der Waals surface area contributed by atoms with Crippen LogP contribution in [-0.2, 0) is 26.2 Å². The van der Waals surface area contributed by atoms with Crippen LogP contribution >= 0.6 is 23.2 Å². The number of anilines is 1. The molecule has 0 spiro atoms. The zero-order valence-corrected chi connectivity index (χ0v) is 21.5. The first-order valence-electron chi connectivity index (χ1n) is 11.2. The van der Waals surface area contributed by atoms with E-state index in [0.717, 1.165) is 12.1 Å². The molecule has 2 aliphatic rings. The van der Waals surface area contributed by atoms with Crippen molar-refractivity contribution in [1.82, 2.24) is 14.2 Å². The number of piperidine rings is 1. The first-order chi connectivity index (χ1) is 16.6. The molecule has 2 fully saturated rings. The highest BCUT2D eigenvalue weighted by Gasteiger charge is 2.49. The van der Waals surface area contributed by atoms with E-state index in [1.165, 1.54) is 23.4 Å². The zero-order valence-electron chi connectivity index (χ0n) is 19.2. The van der Waals surface area contributed by atoms with E-state index in [2.05, 4.69) is 16.9 Å². The number of carbonyl (C=O) groups excluding carboxylic acids is 2. The Kier molecular flexibility index (Phi) is 7.51. The van der Waals surface area contributed by atoms with Crippen LogP contribution < -0.4 is 5.32 Å². The van der Waals surface area contributed by atoms with Crippen LogP contribution in [0.4, 0.5) is 5.69 Å². The molecule has 2 saturated heterocycles. The lowest BCUT2D eigenvalue weighted by Crippen LogP contribution is -2.54. The summed E-state index contributed by atoms with van der Waals surface area (Å²) < 4.78 is 29.3. The van der Waals surface area contributed by atoms with Crippen LogP contribution in [0.5, 0.6) is 0 Å². The minimum Gasteiger partial charge on any atom is -0.335 e. The lowest BCUT2D eigenvalue weighted by atomic mass is 9.90. The first kappa shape index (κ1) is 25.6. The molecule has 1 aromatic heterocycles. The third-order valence-corrected chi connectivity index (χ3v) is 8.92. The van der Waals surface area contributed by atoms with Crippen LogP contribution in [-0.4, -0.2) is 53.0 Å². The summed E-state index contributed by atoms with van der Waals surface area (Å²) in [7, 11) is -4.17. The lowest BCUT2D eigenvalue weighted by Gasteiger charge is -2.40. The van der Waals surface area contributed by atoms with Crippen molar-refractivity contribution in [2.24, 2.45) is 5.92 Å². The summed E-state index contributed by atoms with van der Waals surface area (Å²) in [5, 5.41) is 2.50. The van der Waals surface area contributed by atoms with Crippen molar-refractivity contribution >= 4 is 50.7 Å². The van der Waals surface area contributed by atoms with Crippen LogP contribution in [0.2, 0.25) is 10.0 Å². The van der Waals surface area contributed by atoms with Crippen LogP contribution in [0.1, 0.15) is 31.9 Å². The van der Waals surface area contributed by atoms with E-state index < -0.39 is 22.1 Å². The van der Waals surface area contributed by atoms with Crippen molar-refractivity contribution < 1.29 is 18.0 Å². The van der Waals surface area contributed by atoms with Gasteiger partial charge in [-0.2, -0.15) is 4.31 Å². The van der Waals surface area contributed by atoms with Gasteiger partial charge >= 0.3 is 0 Å². The second kappa shape index (κ2) is 10.3. The molecule has 4 rings (SSSR count). The molecule has 2 aliphatic heterocycles. The molecule has 11 heteroatoms. The number of amides is 2. The fourth-order valence-electron chi connectivity index (χ4n) is 4.84. The molecule has 1 aromatic carbocycles. The van der Waals surface area contributed by atoms with E-state index in [1.54, 1.807) is 23.2 Å². The predicted octanol–water partition coefficient (Wildman–Crippen LogP) is 4.10. The highest BCUT2D eigenvalue weighted by molar-refractivity contribution is 7.89. The summed E-state index contributed by atoms with van der Waals surface area (Å²) in [4.78, 5) is 31.0. The van der Waals surface area contributed by atoms with E-state index in [-0.39, 0.29) is 44.9 Å². The Morgan fingerprint density at radius 3 is 2.57 bits per heavy atom. The van der Waals surface area contributed by atoms with Crippen LogP contribution in [0, 0.1) is 5.92 Å². The van der Waals surface area contributed by atoms with Gasteiger partial charge in [0.1, 0.15) is 6.04 Å². The van der Waals surface area contributed by atoms with Crippen molar-refractivity contribution in [2.75, 3.05) is 11.9 Å². The number of sulfonamides is 1. The molecule has 186 valence electrons. The highest BCUT2D eigenvalue weighted by Crippen LogP contribution is 2.40. The number of nitrogens with one attached hydrogen (secondary N) is 1. The minimum absolute atomic E-state index is 0.00497. The second-order valence-corrected chi connectivity index (χ2v) is 11.4. The van der Waals surface area contributed by atoms with Gasteiger partial charge in [0, 0.05) is 31.6 Å². The van der Waals surface area contributed by atoms with Gasteiger partial charge in [-0.1, -0.05) is 35.3 Å². The fourth-order valence-corrected chi connectivity index (χ4v) is 7.48. The third-order valence-electron chi connectivity index (χ3n) is 6.41. The Labute approximate surface area is 215 Å². The van der Waals surface area contributed by atoms with Gasteiger partial charge in [-0.25, -0.2) is 8.42 Å². The number of aromatic nitrogens is 1. The predicted molar refractivity (Wildman–Crippen MR) is 135 cm³/mol. The Morgan fingerprint density at radius 2 is 1.97 bits per heavy atom. The van der Waals surface area contributed by atoms with Crippen LogP contribution in [0.15, 0.2) is 54.1 Å². The minimum atomic E-state index is -4.17. The van der Waals surface area contributed by atoms with Gasteiger partial charge in [0.15, 0.2) is 0 Å². The van der Waals surface area contributed by atoms with E-state index in [1.807, 2.05) is 12.1 Å². The number of nitrogens with zero attached hydrogens (tertiary/aromatic N) is 3. The van der Waals surface area contributed by atoms with Crippen LogP contribution in [0.3, 0.4) is 0 Å². The number of fused-ring (bicyclic) bond motifs is 2. The van der Waals surface area contributed by atoms with E-state index >= 15 is 0 Å². The molecular formula is C24H26Cl2N4O4S. The van der Waals surface area contributed by atoms with E-state index in [4.69, 9.17) is 23.2 Å². The largest absolute Gasteiger partial charge is 0.335 e. The number of rotatable bonds is 6. The summed E-state index contributed by atoms with van der Waals surface area (Å²) in [6.07, 6.45) is 5.11. The van der Waals surface area contributed by atoms with Crippen molar-refractivity contribution in [3.63, 3.8) is 0 Å². The molecule has 8 nitrogen and oxygen atoms in total. The molecule has 2 bridgehead atoms. The van der Waals surface area contributed by atoms with Crippen molar-refractivity contribution in [3.8, 4) is 0 Å². The average molecular weight is 537 g/mol. The summed E-state index contributed by atoms with van der Waals surface area (Å²) >= 11 is 12.6. The quantitative estimate of drug-likeness (QED) is 0.560. The number of carbonyl (C=O) groups is 2. The van der Waals surface area contributed by atoms with E-state index in [0.29, 0.717) is 19.4 Å². The third kappa shape index (κ3) is 5.09. The molecule has 1 unspecified atom stereocenters.